The average Bonchev–Trinajstić information content (AvgIpc) is 3.32. The van der Waals surface area contributed by atoms with Crippen molar-refractivity contribution in [1.82, 2.24) is 4.98 Å². The van der Waals surface area contributed by atoms with Crippen LogP contribution in [0.15, 0.2) is 53.9 Å². The first kappa shape index (κ1) is 16.9. The maximum atomic E-state index is 12.7. The van der Waals surface area contributed by atoms with Crippen molar-refractivity contribution in [1.29, 1.82) is 5.41 Å². The predicted molar refractivity (Wildman–Crippen MR) is 108 cm³/mol. The Morgan fingerprint density at radius 1 is 1.07 bits per heavy atom. The zero-order chi connectivity index (χ0) is 19.1. The van der Waals surface area contributed by atoms with Crippen molar-refractivity contribution in [2.24, 2.45) is 0 Å². The van der Waals surface area contributed by atoms with Gasteiger partial charge in [-0.15, -0.1) is 11.3 Å². The minimum Gasteiger partial charge on any atom is -0.486 e. The van der Waals surface area contributed by atoms with Crippen LogP contribution in [-0.4, -0.2) is 36.4 Å². The standard InChI is InChI=1S/C21H17N3O3S/c22-20-19(21-23-15(12-28-21)13-4-2-1-3-5-13)16(25)11-24(20)14-6-7-17-18(10-14)27-9-8-26-17/h1-7,10,12,19,22H,8-9,11H2. The molecule has 2 aliphatic heterocycles. The summed E-state index contributed by atoms with van der Waals surface area (Å²) in [6.45, 7) is 1.18. The highest BCUT2D eigenvalue weighted by Crippen LogP contribution is 2.38. The van der Waals surface area contributed by atoms with Crippen molar-refractivity contribution >= 4 is 28.6 Å². The molecule has 0 saturated carbocycles. The van der Waals surface area contributed by atoms with E-state index in [2.05, 4.69) is 4.98 Å². The summed E-state index contributed by atoms with van der Waals surface area (Å²) in [5, 5.41) is 11.2. The minimum absolute atomic E-state index is 0.0196. The fourth-order valence-corrected chi connectivity index (χ4v) is 4.44. The summed E-state index contributed by atoms with van der Waals surface area (Å²) in [6.07, 6.45) is 0. The second-order valence-electron chi connectivity index (χ2n) is 6.64. The smallest absolute Gasteiger partial charge is 0.170 e. The van der Waals surface area contributed by atoms with Gasteiger partial charge in [-0.2, -0.15) is 0 Å². The number of hydrogen-bond acceptors (Lipinski definition) is 6. The number of hydrogen-bond donors (Lipinski definition) is 1. The first-order chi connectivity index (χ1) is 13.7. The summed E-state index contributed by atoms with van der Waals surface area (Å²) in [5.74, 6) is 0.934. The largest absolute Gasteiger partial charge is 0.486 e. The number of Topliss-reactive ketones (excluding diaryl/α,β-unsaturated/α-hetero) is 1. The fourth-order valence-electron chi connectivity index (χ4n) is 3.49. The molecule has 0 spiro atoms. The van der Waals surface area contributed by atoms with Crippen LogP contribution in [0.4, 0.5) is 5.69 Å². The van der Waals surface area contributed by atoms with Crippen LogP contribution >= 0.6 is 11.3 Å². The van der Waals surface area contributed by atoms with Gasteiger partial charge in [0, 0.05) is 22.7 Å². The number of anilines is 1. The number of ether oxygens (including phenoxy) is 2. The van der Waals surface area contributed by atoms with E-state index in [-0.39, 0.29) is 18.2 Å². The quantitative estimate of drug-likeness (QED) is 0.736. The van der Waals surface area contributed by atoms with Crippen LogP contribution in [0.5, 0.6) is 11.5 Å². The Kier molecular flexibility index (Phi) is 4.09. The number of nitrogens with zero attached hydrogens (tertiary/aromatic N) is 2. The lowest BCUT2D eigenvalue weighted by molar-refractivity contribution is -0.116. The number of rotatable bonds is 3. The zero-order valence-corrected chi connectivity index (χ0v) is 15.7. The number of carbonyl (C=O) groups excluding carboxylic acids is 1. The topological polar surface area (TPSA) is 75.5 Å². The maximum Gasteiger partial charge on any atom is 0.170 e. The Morgan fingerprint density at radius 3 is 2.68 bits per heavy atom. The Balaban J connectivity index is 1.43. The number of aromatic nitrogens is 1. The number of nitrogens with one attached hydrogen (secondary N) is 1. The molecule has 0 aliphatic carbocycles. The van der Waals surface area contributed by atoms with E-state index in [4.69, 9.17) is 14.9 Å². The van der Waals surface area contributed by atoms with Gasteiger partial charge in [0.25, 0.3) is 0 Å². The Labute approximate surface area is 165 Å². The molecule has 2 aliphatic rings. The average molecular weight is 391 g/mol. The molecule has 3 heterocycles. The molecule has 1 saturated heterocycles. The number of thiazole rings is 1. The number of ketones is 1. The van der Waals surface area contributed by atoms with Gasteiger partial charge in [-0.25, -0.2) is 4.98 Å². The maximum absolute atomic E-state index is 12.7. The first-order valence-electron chi connectivity index (χ1n) is 9.00. The fraction of sp³-hybridized carbons (Fsp3) is 0.190. The molecule has 0 bridgehead atoms. The Bertz CT molecular complexity index is 1060. The van der Waals surface area contributed by atoms with Gasteiger partial charge in [0.1, 0.15) is 30.0 Å². The van der Waals surface area contributed by atoms with Gasteiger partial charge >= 0.3 is 0 Å². The third kappa shape index (κ3) is 2.84. The van der Waals surface area contributed by atoms with Gasteiger partial charge in [-0.1, -0.05) is 30.3 Å². The van der Waals surface area contributed by atoms with E-state index in [0.717, 1.165) is 16.9 Å². The van der Waals surface area contributed by atoms with Gasteiger partial charge in [0.2, 0.25) is 0 Å². The molecule has 5 rings (SSSR count). The molecule has 0 amide bonds. The third-order valence-corrected chi connectivity index (χ3v) is 5.79. The van der Waals surface area contributed by atoms with Crippen LogP contribution in [0.1, 0.15) is 10.9 Å². The first-order valence-corrected chi connectivity index (χ1v) is 9.88. The molecule has 3 aromatic rings. The van der Waals surface area contributed by atoms with Crippen LogP contribution in [-0.2, 0) is 4.79 Å². The molecule has 140 valence electrons. The molecular formula is C21H17N3O3S. The van der Waals surface area contributed by atoms with Crippen molar-refractivity contribution in [3.8, 4) is 22.8 Å². The summed E-state index contributed by atoms with van der Waals surface area (Å²) in [6, 6.07) is 15.4. The lowest BCUT2D eigenvalue weighted by atomic mass is 10.1. The predicted octanol–water partition coefficient (Wildman–Crippen LogP) is 3.73. The third-order valence-electron chi connectivity index (χ3n) is 4.88. The summed E-state index contributed by atoms with van der Waals surface area (Å²) >= 11 is 1.43. The molecular weight excluding hydrogens is 374 g/mol. The van der Waals surface area contributed by atoms with Crippen molar-refractivity contribution in [2.45, 2.75) is 5.92 Å². The molecule has 2 aromatic carbocycles. The van der Waals surface area contributed by atoms with Gasteiger partial charge < -0.3 is 14.4 Å². The number of fused-ring (bicyclic) bond motifs is 1. The van der Waals surface area contributed by atoms with Gasteiger partial charge in [0.15, 0.2) is 17.3 Å². The van der Waals surface area contributed by atoms with E-state index in [1.54, 1.807) is 4.90 Å². The number of carbonyl (C=O) groups is 1. The van der Waals surface area contributed by atoms with Crippen LogP contribution < -0.4 is 14.4 Å². The van der Waals surface area contributed by atoms with Crippen molar-refractivity contribution in [3.63, 3.8) is 0 Å². The van der Waals surface area contributed by atoms with E-state index in [1.807, 2.05) is 53.9 Å². The molecule has 1 atom stereocenters. The summed E-state index contributed by atoms with van der Waals surface area (Å²) < 4.78 is 11.2. The second kappa shape index (κ2) is 6.76. The normalized spacial score (nSPS) is 18.6. The van der Waals surface area contributed by atoms with E-state index >= 15 is 0 Å². The SMILES string of the molecule is N=C1C(c2nc(-c3ccccc3)cs2)C(=O)CN1c1ccc2c(c1)OCCO2. The van der Waals surface area contributed by atoms with Gasteiger partial charge in [-0.05, 0) is 12.1 Å². The molecule has 28 heavy (non-hydrogen) atoms. The lowest BCUT2D eigenvalue weighted by Crippen LogP contribution is -2.26. The second-order valence-corrected chi connectivity index (χ2v) is 7.53. The Morgan fingerprint density at radius 2 is 1.86 bits per heavy atom. The van der Waals surface area contributed by atoms with Gasteiger partial charge in [0.05, 0.1) is 12.2 Å². The molecule has 0 radical (unpaired) electrons. The summed E-state index contributed by atoms with van der Waals surface area (Å²) in [4.78, 5) is 19.1. The zero-order valence-electron chi connectivity index (χ0n) is 14.9. The highest BCUT2D eigenvalue weighted by atomic mass is 32.1. The van der Waals surface area contributed by atoms with Crippen LogP contribution in [0, 0.1) is 5.41 Å². The van der Waals surface area contributed by atoms with Crippen molar-refractivity contribution in [2.75, 3.05) is 24.7 Å². The monoisotopic (exact) mass is 391 g/mol. The molecule has 7 heteroatoms. The van der Waals surface area contributed by atoms with Crippen LogP contribution in [0.25, 0.3) is 11.3 Å². The van der Waals surface area contributed by atoms with E-state index in [1.165, 1.54) is 11.3 Å². The van der Waals surface area contributed by atoms with Crippen molar-refractivity contribution < 1.29 is 14.3 Å². The minimum atomic E-state index is -0.629. The van der Waals surface area contributed by atoms with E-state index in [9.17, 15) is 4.79 Å². The van der Waals surface area contributed by atoms with Crippen molar-refractivity contribution in [3.05, 3.63) is 58.9 Å². The highest BCUT2D eigenvalue weighted by molar-refractivity contribution is 7.10. The summed E-state index contributed by atoms with van der Waals surface area (Å²) in [7, 11) is 0. The van der Waals surface area contributed by atoms with E-state index < -0.39 is 5.92 Å². The highest BCUT2D eigenvalue weighted by Gasteiger charge is 2.40. The van der Waals surface area contributed by atoms with Crippen LogP contribution in [0.3, 0.4) is 0 Å². The molecule has 1 fully saturated rings. The Hall–Kier alpha value is -3.19. The number of amidine groups is 1. The summed E-state index contributed by atoms with van der Waals surface area (Å²) in [5.41, 5.74) is 2.59. The molecule has 1 aromatic heterocycles. The van der Waals surface area contributed by atoms with Crippen LogP contribution in [0.2, 0.25) is 0 Å². The molecule has 1 N–H and O–H groups in total. The molecule has 1 unspecified atom stereocenters. The van der Waals surface area contributed by atoms with E-state index in [0.29, 0.717) is 29.7 Å². The lowest BCUT2D eigenvalue weighted by Gasteiger charge is -2.22. The number of benzene rings is 2. The van der Waals surface area contributed by atoms with Gasteiger partial charge in [-0.3, -0.25) is 10.2 Å². The molecule has 6 nitrogen and oxygen atoms in total.